The molecular formula is C6H10N2S. The molecule has 1 saturated heterocycles. The first-order valence-corrected chi connectivity index (χ1v) is 4.23. The topological polar surface area (TPSA) is 27.0 Å². The van der Waals surface area contributed by atoms with Crippen molar-refractivity contribution in [3.05, 3.63) is 0 Å². The molecule has 1 fully saturated rings. The molecule has 0 aromatic rings. The minimum Gasteiger partial charge on any atom is -0.249 e. The molecule has 1 aliphatic rings. The van der Waals surface area contributed by atoms with E-state index in [4.69, 9.17) is 5.26 Å². The molecule has 0 N–H and O–H groups in total. The van der Waals surface area contributed by atoms with Crippen LogP contribution in [0.5, 0.6) is 0 Å². The molecule has 9 heavy (non-hydrogen) atoms. The monoisotopic (exact) mass is 142 g/mol. The highest BCUT2D eigenvalue weighted by Gasteiger charge is 2.20. The van der Waals surface area contributed by atoms with Crippen LogP contribution in [0.2, 0.25) is 0 Å². The fourth-order valence-electron chi connectivity index (χ4n) is 0.999. The molecule has 0 spiro atoms. The summed E-state index contributed by atoms with van der Waals surface area (Å²) in [5.41, 5.74) is 0. The summed E-state index contributed by atoms with van der Waals surface area (Å²) in [6.45, 7) is 2.04. The summed E-state index contributed by atoms with van der Waals surface area (Å²) in [6.07, 6.45) is 3.11. The molecule has 0 amide bonds. The number of hydrogen-bond acceptors (Lipinski definition) is 3. The van der Waals surface area contributed by atoms with Crippen LogP contribution in [-0.2, 0) is 0 Å². The van der Waals surface area contributed by atoms with Crippen LogP contribution < -0.4 is 0 Å². The smallest absolute Gasteiger partial charge is 0.0670 e. The fourth-order valence-corrected chi connectivity index (χ4v) is 1.62. The summed E-state index contributed by atoms with van der Waals surface area (Å²) >= 11 is 1.73. The van der Waals surface area contributed by atoms with E-state index in [1.54, 1.807) is 11.9 Å². The van der Waals surface area contributed by atoms with Crippen molar-refractivity contribution in [1.82, 2.24) is 4.31 Å². The van der Waals surface area contributed by atoms with Gasteiger partial charge >= 0.3 is 0 Å². The van der Waals surface area contributed by atoms with Crippen molar-refractivity contribution in [2.45, 2.75) is 6.42 Å². The van der Waals surface area contributed by atoms with E-state index in [1.165, 1.54) is 0 Å². The van der Waals surface area contributed by atoms with Crippen LogP contribution >= 0.6 is 11.9 Å². The Bertz CT molecular complexity index is 130. The van der Waals surface area contributed by atoms with Crippen molar-refractivity contribution in [1.29, 1.82) is 5.26 Å². The summed E-state index contributed by atoms with van der Waals surface area (Å²) in [4.78, 5) is 0. The van der Waals surface area contributed by atoms with Gasteiger partial charge in [0.15, 0.2) is 0 Å². The van der Waals surface area contributed by atoms with Gasteiger partial charge in [0.05, 0.1) is 12.0 Å². The van der Waals surface area contributed by atoms with Gasteiger partial charge in [-0.3, -0.25) is 0 Å². The van der Waals surface area contributed by atoms with Crippen molar-refractivity contribution >= 4 is 11.9 Å². The van der Waals surface area contributed by atoms with Crippen LogP contribution in [0.15, 0.2) is 0 Å². The second-order valence-corrected chi connectivity index (χ2v) is 3.07. The van der Waals surface area contributed by atoms with Gasteiger partial charge in [0.25, 0.3) is 0 Å². The van der Waals surface area contributed by atoms with Gasteiger partial charge in [-0.2, -0.15) is 5.26 Å². The zero-order valence-corrected chi connectivity index (χ0v) is 6.32. The molecule has 0 bridgehead atoms. The molecule has 0 aromatic carbocycles. The quantitative estimate of drug-likeness (QED) is 0.513. The Hall–Kier alpha value is -0.200. The maximum atomic E-state index is 8.49. The van der Waals surface area contributed by atoms with Gasteiger partial charge in [0, 0.05) is 13.1 Å². The molecule has 2 nitrogen and oxygen atoms in total. The van der Waals surface area contributed by atoms with Crippen LogP contribution in [0.1, 0.15) is 6.42 Å². The van der Waals surface area contributed by atoms with Crippen molar-refractivity contribution in [3.8, 4) is 6.07 Å². The van der Waals surface area contributed by atoms with Gasteiger partial charge in [0.2, 0.25) is 0 Å². The van der Waals surface area contributed by atoms with Crippen molar-refractivity contribution in [2.24, 2.45) is 5.92 Å². The van der Waals surface area contributed by atoms with E-state index in [0.717, 1.165) is 19.5 Å². The molecule has 0 radical (unpaired) electrons. The minimum atomic E-state index is 0.289. The highest BCUT2D eigenvalue weighted by atomic mass is 32.2. The van der Waals surface area contributed by atoms with Crippen molar-refractivity contribution < 1.29 is 0 Å². The van der Waals surface area contributed by atoms with Crippen LogP contribution in [0.3, 0.4) is 0 Å². The third-order valence-corrected chi connectivity index (χ3v) is 2.44. The Kier molecular flexibility index (Phi) is 2.38. The second kappa shape index (κ2) is 3.09. The summed E-state index contributed by atoms with van der Waals surface area (Å²) < 4.78 is 2.23. The predicted molar refractivity (Wildman–Crippen MR) is 38.8 cm³/mol. The fraction of sp³-hybridized carbons (Fsp3) is 0.833. The van der Waals surface area contributed by atoms with Gasteiger partial charge in [-0.05, 0) is 12.7 Å². The molecule has 1 rings (SSSR count). The van der Waals surface area contributed by atoms with E-state index in [-0.39, 0.29) is 5.92 Å². The molecule has 1 heterocycles. The second-order valence-electron chi connectivity index (χ2n) is 2.19. The summed E-state index contributed by atoms with van der Waals surface area (Å²) in [7, 11) is 0. The molecule has 3 heteroatoms. The average Bonchev–Trinajstić information content (AvgIpc) is 2.34. The highest BCUT2D eigenvalue weighted by molar-refractivity contribution is 7.96. The van der Waals surface area contributed by atoms with Gasteiger partial charge in [-0.25, -0.2) is 4.31 Å². The number of nitriles is 1. The van der Waals surface area contributed by atoms with Gasteiger partial charge in [0.1, 0.15) is 0 Å². The molecule has 0 aliphatic carbocycles. The molecule has 1 aliphatic heterocycles. The van der Waals surface area contributed by atoms with Crippen molar-refractivity contribution in [3.63, 3.8) is 0 Å². The molecule has 50 valence electrons. The molecule has 1 atom stereocenters. The average molecular weight is 142 g/mol. The largest absolute Gasteiger partial charge is 0.249 e. The number of nitrogens with zero attached hydrogens (tertiary/aromatic N) is 2. The Balaban J connectivity index is 2.31. The third kappa shape index (κ3) is 1.60. The normalized spacial score (nSPS) is 28.2. The predicted octanol–water partition coefficient (Wildman–Crippen LogP) is 1.11. The van der Waals surface area contributed by atoms with E-state index < -0.39 is 0 Å². The van der Waals surface area contributed by atoms with Crippen LogP contribution in [0.4, 0.5) is 0 Å². The van der Waals surface area contributed by atoms with Gasteiger partial charge in [-0.1, -0.05) is 11.9 Å². The SMILES string of the molecule is CSN1CCC(C#N)C1. The number of rotatable bonds is 1. The molecular weight excluding hydrogens is 132 g/mol. The van der Waals surface area contributed by atoms with Gasteiger partial charge in [-0.15, -0.1) is 0 Å². The molecule has 0 aromatic heterocycles. The first kappa shape index (κ1) is 6.91. The third-order valence-electron chi connectivity index (χ3n) is 1.59. The van der Waals surface area contributed by atoms with Crippen LogP contribution in [0.25, 0.3) is 0 Å². The van der Waals surface area contributed by atoms with Crippen LogP contribution in [-0.4, -0.2) is 23.7 Å². The lowest BCUT2D eigenvalue weighted by atomic mass is 10.1. The van der Waals surface area contributed by atoms with Crippen molar-refractivity contribution in [2.75, 3.05) is 19.3 Å². The Morgan fingerprint density at radius 3 is 2.89 bits per heavy atom. The Morgan fingerprint density at radius 1 is 1.78 bits per heavy atom. The van der Waals surface area contributed by atoms with Crippen LogP contribution in [0, 0.1) is 17.2 Å². The first-order valence-electron chi connectivity index (χ1n) is 3.05. The maximum Gasteiger partial charge on any atom is 0.0670 e. The van der Waals surface area contributed by atoms with Gasteiger partial charge < -0.3 is 0 Å². The Morgan fingerprint density at radius 2 is 2.56 bits per heavy atom. The Labute approximate surface area is 60.0 Å². The lowest BCUT2D eigenvalue weighted by Crippen LogP contribution is -2.09. The summed E-state index contributed by atoms with van der Waals surface area (Å²) in [5, 5.41) is 8.49. The lowest BCUT2D eigenvalue weighted by Gasteiger charge is -2.07. The molecule has 0 saturated carbocycles. The molecule has 1 unspecified atom stereocenters. The first-order chi connectivity index (χ1) is 4.36. The lowest BCUT2D eigenvalue weighted by molar-refractivity contribution is 0.573. The zero-order valence-electron chi connectivity index (χ0n) is 5.50. The van der Waals surface area contributed by atoms with E-state index in [0.29, 0.717) is 0 Å². The zero-order chi connectivity index (χ0) is 6.69. The maximum absolute atomic E-state index is 8.49. The standard InChI is InChI=1S/C6H10N2S/c1-9-8-3-2-6(4-7)5-8/h6H,2-3,5H2,1H3. The van der Waals surface area contributed by atoms with E-state index in [9.17, 15) is 0 Å². The highest BCUT2D eigenvalue weighted by Crippen LogP contribution is 2.20. The minimum absolute atomic E-state index is 0.289. The summed E-state index contributed by atoms with van der Waals surface area (Å²) in [5.74, 6) is 0.289. The van der Waals surface area contributed by atoms with E-state index in [2.05, 4.69) is 16.6 Å². The van der Waals surface area contributed by atoms with E-state index in [1.807, 2.05) is 0 Å². The summed E-state index contributed by atoms with van der Waals surface area (Å²) in [6, 6.07) is 2.27. The number of hydrogen-bond donors (Lipinski definition) is 0. The van der Waals surface area contributed by atoms with E-state index >= 15 is 0 Å².